The third kappa shape index (κ3) is 3.22. The molecule has 1 fully saturated rings. The molecule has 5 nitrogen and oxygen atoms in total. The second-order valence-corrected chi connectivity index (χ2v) is 7.66. The van der Waals surface area contributed by atoms with Crippen molar-refractivity contribution >= 4 is 17.2 Å². The second kappa shape index (κ2) is 6.80. The van der Waals surface area contributed by atoms with Crippen molar-refractivity contribution in [3.63, 3.8) is 0 Å². The smallest absolute Gasteiger partial charge is 0.274 e. The Bertz CT molecular complexity index is 870. The van der Waals surface area contributed by atoms with Crippen molar-refractivity contribution < 1.29 is 4.79 Å². The Morgan fingerprint density at radius 2 is 2.24 bits per heavy atom. The van der Waals surface area contributed by atoms with Gasteiger partial charge in [0.1, 0.15) is 0 Å². The van der Waals surface area contributed by atoms with Gasteiger partial charge in [-0.15, -0.1) is 11.3 Å². The number of nitrogens with one attached hydrogen (secondary N) is 1. The van der Waals surface area contributed by atoms with Crippen LogP contribution in [0.5, 0.6) is 0 Å². The van der Waals surface area contributed by atoms with Gasteiger partial charge in [0.15, 0.2) is 5.69 Å². The van der Waals surface area contributed by atoms with E-state index in [9.17, 15) is 4.79 Å². The number of aromatic amines is 1. The molecule has 1 atom stereocenters. The minimum Gasteiger partial charge on any atom is -0.330 e. The first-order chi connectivity index (χ1) is 12.2. The number of H-pyrrole nitrogens is 1. The lowest BCUT2D eigenvalue weighted by Gasteiger charge is -2.35. The van der Waals surface area contributed by atoms with Crippen LogP contribution in [0.3, 0.4) is 0 Å². The minimum absolute atomic E-state index is 0.00988. The summed E-state index contributed by atoms with van der Waals surface area (Å²) < 4.78 is 0. The van der Waals surface area contributed by atoms with Crippen LogP contribution in [0.4, 0.5) is 0 Å². The van der Waals surface area contributed by atoms with E-state index in [2.05, 4.69) is 34.2 Å². The van der Waals surface area contributed by atoms with Crippen LogP contribution in [0.1, 0.15) is 46.2 Å². The van der Waals surface area contributed by atoms with Crippen LogP contribution >= 0.6 is 11.3 Å². The van der Waals surface area contributed by atoms with Gasteiger partial charge >= 0.3 is 0 Å². The summed E-state index contributed by atoms with van der Waals surface area (Å²) in [5.41, 5.74) is 2.48. The van der Waals surface area contributed by atoms with E-state index in [1.807, 2.05) is 29.3 Å². The molecule has 128 valence electrons. The van der Waals surface area contributed by atoms with E-state index in [-0.39, 0.29) is 11.9 Å². The molecule has 0 saturated carbocycles. The zero-order valence-electron chi connectivity index (χ0n) is 14.1. The fourth-order valence-corrected chi connectivity index (χ4v) is 4.21. The SMILES string of the molecule is Cc1ccc(-c2cc(C(=O)N3CCCC[C@H]3c3cccnc3)n[nH]2)s1. The molecule has 3 aromatic heterocycles. The van der Waals surface area contributed by atoms with Crippen molar-refractivity contribution in [2.24, 2.45) is 0 Å². The van der Waals surface area contributed by atoms with Crippen LogP contribution < -0.4 is 0 Å². The number of rotatable bonds is 3. The molecule has 0 radical (unpaired) electrons. The normalized spacial score (nSPS) is 17.6. The molecule has 3 aromatic rings. The largest absolute Gasteiger partial charge is 0.330 e. The fraction of sp³-hybridized carbons (Fsp3) is 0.316. The number of aromatic nitrogens is 3. The van der Waals surface area contributed by atoms with Crippen LogP contribution in [-0.2, 0) is 0 Å². The molecule has 1 amide bonds. The van der Waals surface area contributed by atoms with Crippen molar-refractivity contribution in [3.8, 4) is 10.6 Å². The predicted octanol–water partition coefficient (Wildman–Crippen LogP) is 4.21. The third-order valence-electron chi connectivity index (χ3n) is 4.64. The molecule has 1 saturated heterocycles. The van der Waals surface area contributed by atoms with Gasteiger partial charge in [0.2, 0.25) is 0 Å². The molecular weight excluding hydrogens is 332 g/mol. The third-order valence-corrected chi connectivity index (χ3v) is 5.67. The van der Waals surface area contributed by atoms with Gasteiger partial charge in [-0.1, -0.05) is 6.07 Å². The maximum atomic E-state index is 13.1. The Labute approximate surface area is 150 Å². The highest BCUT2D eigenvalue weighted by atomic mass is 32.1. The molecule has 1 aliphatic heterocycles. The topological polar surface area (TPSA) is 61.9 Å². The summed E-state index contributed by atoms with van der Waals surface area (Å²) in [5.74, 6) is -0.00988. The summed E-state index contributed by atoms with van der Waals surface area (Å²) >= 11 is 1.69. The average Bonchev–Trinajstić information content (AvgIpc) is 3.31. The number of amides is 1. The molecule has 0 spiro atoms. The molecule has 0 unspecified atom stereocenters. The van der Waals surface area contributed by atoms with Gasteiger partial charge in [-0.25, -0.2) is 0 Å². The fourth-order valence-electron chi connectivity index (χ4n) is 3.38. The van der Waals surface area contributed by atoms with Crippen molar-refractivity contribution in [2.75, 3.05) is 6.54 Å². The van der Waals surface area contributed by atoms with E-state index in [0.717, 1.165) is 41.9 Å². The standard InChI is InChI=1S/C19H20N4OS/c1-13-7-8-18(25-13)15-11-16(22-21-15)19(24)23-10-3-2-6-17(23)14-5-4-9-20-12-14/h4-5,7-9,11-12,17H,2-3,6,10H2,1H3,(H,21,22)/t17-/m0/s1. The molecule has 0 bridgehead atoms. The van der Waals surface area contributed by atoms with E-state index >= 15 is 0 Å². The minimum atomic E-state index is -0.00988. The monoisotopic (exact) mass is 352 g/mol. The van der Waals surface area contributed by atoms with Gasteiger partial charge in [0.25, 0.3) is 5.91 Å². The van der Waals surface area contributed by atoms with Crippen molar-refractivity contribution in [1.82, 2.24) is 20.1 Å². The first kappa shape index (κ1) is 16.0. The van der Waals surface area contributed by atoms with E-state index in [1.165, 1.54) is 4.88 Å². The summed E-state index contributed by atoms with van der Waals surface area (Å²) in [6, 6.07) is 10.1. The molecular formula is C19H20N4OS. The zero-order chi connectivity index (χ0) is 17.2. The lowest BCUT2D eigenvalue weighted by Crippen LogP contribution is -2.38. The molecule has 0 aliphatic carbocycles. The Kier molecular flexibility index (Phi) is 4.36. The maximum Gasteiger partial charge on any atom is 0.274 e. The number of nitrogens with zero attached hydrogens (tertiary/aromatic N) is 3. The molecule has 4 rings (SSSR count). The number of hydrogen-bond acceptors (Lipinski definition) is 4. The van der Waals surface area contributed by atoms with Crippen molar-refractivity contribution in [1.29, 1.82) is 0 Å². The Hall–Kier alpha value is -2.47. The maximum absolute atomic E-state index is 13.1. The molecule has 6 heteroatoms. The lowest BCUT2D eigenvalue weighted by atomic mass is 9.96. The highest BCUT2D eigenvalue weighted by Gasteiger charge is 2.30. The van der Waals surface area contributed by atoms with Gasteiger partial charge in [-0.05, 0) is 56.0 Å². The summed E-state index contributed by atoms with van der Waals surface area (Å²) in [4.78, 5) is 21.6. The number of pyridine rings is 1. The van der Waals surface area contributed by atoms with Crippen LogP contribution in [0.15, 0.2) is 42.7 Å². The molecule has 0 aromatic carbocycles. The van der Waals surface area contributed by atoms with E-state index in [1.54, 1.807) is 17.5 Å². The van der Waals surface area contributed by atoms with E-state index in [4.69, 9.17) is 0 Å². The quantitative estimate of drug-likeness (QED) is 0.768. The number of aryl methyl sites for hydroxylation is 1. The van der Waals surface area contributed by atoms with Gasteiger partial charge < -0.3 is 4.90 Å². The van der Waals surface area contributed by atoms with Crippen LogP contribution in [-0.4, -0.2) is 32.5 Å². The molecule has 1 N–H and O–H groups in total. The van der Waals surface area contributed by atoms with Gasteiger partial charge in [-0.2, -0.15) is 5.10 Å². The number of piperidine rings is 1. The summed E-state index contributed by atoms with van der Waals surface area (Å²) in [7, 11) is 0. The van der Waals surface area contributed by atoms with Crippen LogP contribution in [0.2, 0.25) is 0 Å². The molecule has 25 heavy (non-hydrogen) atoms. The van der Waals surface area contributed by atoms with Gasteiger partial charge in [0, 0.05) is 23.8 Å². The summed E-state index contributed by atoms with van der Waals surface area (Å²) in [6.07, 6.45) is 6.76. The van der Waals surface area contributed by atoms with Gasteiger partial charge in [0.05, 0.1) is 16.6 Å². The van der Waals surface area contributed by atoms with Crippen LogP contribution in [0.25, 0.3) is 10.6 Å². The summed E-state index contributed by atoms with van der Waals surface area (Å²) in [6.45, 7) is 2.83. The van der Waals surface area contributed by atoms with Crippen molar-refractivity contribution in [2.45, 2.75) is 32.2 Å². The number of thiophene rings is 1. The van der Waals surface area contributed by atoms with E-state index < -0.39 is 0 Å². The average molecular weight is 352 g/mol. The number of likely N-dealkylation sites (tertiary alicyclic amines) is 1. The van der Waals surface area contributed by atoms with E-state index in [0.29, 0.717) is 5.69 Å². The number of carbonyl (C=O) groups is 1. The first-order valence-electron chi connectivity index (χ1n) is 8.55. The van der Waals surface area contributed by atoms with Gasteiger partial charge in [-0.3, -0.25) is 14.9 Å². The number of hydrogen-bond donors (Lipinski definition) is 1. The van der Waals surface area contributed by atoms with Crippen LogP contribution in [0, 0.1) is 6.92 Å². The molecule has 4 heterocycles. The first-order valence-corrected chi connectivity index (χ1v) is 9.37. The zero-order valence-corrected chi connectivity index (χ0v) is 14.9. The Morgan fingerprint density at radius 3 is 3.00 bits per heavy atom. The molecule has 1 aliphatic rings. The Balaban J connectivity index is 1.60. The number of carbonyl (C=O) groups excluding carboxylic acids is 1. The van der Waals surface area contributed by atoms with Crippen molar-refractivity contribution in [3.05, 3.63) is 58.9 Å². The second-order valence-electron chi connectivity index (χ2n) is 6.37. The predicted molar refractivity (Wildman–Crippen MR) is 98.5 cm³/mol. The Morgan fingerprint density at radius 1 is 1.32 bits per heavy atom. The lowest BCUT2D eigenvalue weighted by molar-refractivity contribution is 0.0605. The summed E-state index contributed by atoms with van der Waals surface area (Å²) in [5, 5.41) is 7.29. The highest BCUT2D eigenvalue weighted by molar-refractivity contribution is 7.15. The highest BCUT2D eigenvalue weighted by Crippen LogP contribution is 2.32.